The molecule has 0 unspecified atom stereocenters. The van der Waals surface area contributed by atoms with E-state index in [4.69, 9.17) is 5.11 Å². The molecule has 0 aromatic carbocycles. The lowest BCUT2D eigenvalue weighted by Crippen LogP contribution is -2.49. The first-order chi connectivity index (χ1) is 11.1. The van der Waals surface area contributed by atoms with Crippen LogP contribution in [0.15, 0.2) is 23.8 Å². The van der Waals surface area contributed by atoms with Gasteiger partial charge in [0.05, 0.1) is 6.42 Å². The first-order valence-electron chi connectivity index (χ1n) is 8.89. The van der Waals surface area contributed by atoms with Crippen molar-refractivity contribution >= 4 is 11.9 Å². The second-order valence-electron chi connectivity index (χ2n) is 8.49. The molecule has 0 amide bonds. The number of hydrogen-bond donors (Lipinski definition) is 2. The molecular weight excluding hydrogens is 304 g/mol. The first-order valence-corrected chi connectivity index (χ1v) is 8.89. The third-order valence-corrected chi connectivity index (χ3v) is 6.54. The van der Waals surface area contributed by atoms with Gasteiger partial charge in [0, 0.05) is 5.57 Å². The van der Waals surface area contributed by atoms with Crippen LogP contribution in [-0.4, -0.2) is 22.2 Å². The summed E-state index contributed by atoms with van der Waals surface area (Å²) in [6.07, 6.45) is 7.49. The van der Waals surface area contributed by atoms with E-state index < -0.39 is 18.4 Å². The fourth-order valence-corrected chi connectivity index (χ4v) is 5.37. The minimum Gasteiger partial charge on any atom is -0.481 e. The molecule has 0 saturated heterocycles. The van der Waals surface area contributed by atoms with Gasteiger partial charge in [-0.25, -0.2) is 4.79 Å². The van der Waals surface area contributed by atoms with Crippen LogP contribution in [0.2, 0.25) is 0 Å². The molecule has 2 N–H and O–H groups in total. The fraction of sp³-hybridized carbons (Fsp3) is 0.700. The summed E-state index contributed by atoms with van der Waals surface area (Å²) in [6, 6.07) is 0. The van der Waals surface area contributed by atoms with Crippen LogP contribution in [-0.2, 0) is 9.59 Å². The summed E-state index contributed by atoms with van der Waals surface area (Å²) in [7, 11) is 0. The zero-order valence-electron chi connectivity index (χ0n) is 15.1. The van der Waals surface area contributed by atoms with E-state index in [0.29, 0.717) is 17.8 Å². The monoisotopic (exact) mass is 334 g/mol. The molecule has 0 heterocycles. The summed E-state index contributed by atoms with van der Waals surface area (Å²) in [4.78, 5) is 22.2. The number of rotatable bonds is 5. The molecule has 0 aromatic heterocycles. The Labute approximate surface area is 144 Å². The fourth-order valence-electron chi connectivity index (χ4n) is 5.37. The maximum atomic E-state index is 11.3. The van der Waals surface area contributed by atoms with E-state index in [-0.39, 0.29) is 16.9 Å². The van der Waals surface area contributed by atoms with Crippen LogP contribution in [0.1, 0.15) is 65.7 Å². The van der Waals surface area contributed by atoms with Crippen LogP contribution >= 0.6 is 0 Å². The van der Waals surface area contributed by atoms with Crippen LogP contribution in [0.5, 0.6) is 0 Å². The van der Waals surface area contributed by atoms with Crippen molar-refractivity contribution < 1.29 is 19.8 Å². The Hall–Kier alpha value is -1.58. The average molecular weight is 334 g/mol. The zero-order valence-corrected chi connectivity index (χ0v) is 15.1. The van der Waals surface area contributed by atoms with Crippen molar-refractivity contribution in [1.29, 1.82) is 0 Å². The van der Waals surface area contributed by atoms with Crippen LogP contribution in [0.25, 0.3) is 0 Å². The highest BCUT2D eigenvalue weighted by molar-refractivity contribution is 5.92. The Kier molecular flexibility index (Phi) is 5.26. The summed E-state index contributed by atoms with van der Waals surface area (Å²) in [6.45, 7) is 11.3. The SMILES string of the molecule is C=C1CC[C@H]2C(C)(C)CCC[C@]2(C)[C@H]1CC=C(CC(=O)O)C(=O)O. The Morgan fingerprint density at radius 2 is 1.92 bits per heavy atom. The Morgan fingerprint density at radius 3 is 2.50 bits per heavy atom. The summed E-state index contributed by atoms with van der Waals surface area (Å²) >= 11 is 0. The average Bonchev–Trinajstić information content (AvgIpc) is 2.43. The van der Waals surface area contributed by atoms with Gasteiger partial charge in [-0.3, -0.25) is 4.79 Å². The van der Waals surface area contributed by atoms with Crippen molar-refractivity contribution in [2.24, 2.45) is 22.7 Å². The van der Waals surface area contributed by atoms with E-state index in [9.17, 15) is 14.7 Å². The quantitative estimate of drug-likeness (QED) is 0.566. The van der Waals surface area contributed by atoms with Crippen LogP contribution in [0, 0.1) is 22.7 Å². The van der Waals surface area contributed by atoms with Crippen LogP contribution < -0.4 is 0 Å². The van der Waals surface area contributed by atoms with Gasteiger partial charge in [-0.1, -0.05) is 45.4 Å². The summed E-state index contributed by atoms with van der Waals surface area (Å²) < 4.78 is 0. The van der Waals surface area contributed by atoms with E-state index in [2.05, 4.69) is 27.4 Å². The smallest absolute Gasteiger partial charge is 0.331 e. The van der Waals surface area contributed by atoms with Crippen LogP contribution in [0.3, 0.4) is 0 Å². The molecule has 2 fully saturated rings. The van der Waals surface area contributed by atoms with Gasteiger partial charge in [0.25, 0.3) is 0 Å². The second-order valence-corrected chi connectivity index (χ2v) is 8.49. The van der Waals surface area contributed by atoms with Gasteiger partial charge in [-0.2, -0.15) is 0 Å². The number of carboxylic acid groups (broad SMARTS) is 2. The van der Waals surface area contributed by atoms with Crippen molar-refractivity contribution in [2.75, 3.05) is 0 Å². The molecule has 0 radical (unpaired) electrons. The standard InChI is InChI=1S/C20H30O4/c1-13-6-9-16-19(2,3)10-5-11-20(16,4)15(13)8-7-14(18(23)24)12-17(21)22/h7,15-16H,1,5-6,8-12H2,2-4H3,(H,21,22)(H,23,24)/t15-,16-,20+/m0/s1. The molecule has 0 spiro atoms. The topological polar surface area (TPSA) is 74.6 Å². The summed E-state index contributed by atoms with van der Waals surface area (Å²) in [5, 5.41) is 18.1. The summed E-state index contributed by atoms with van der Waals surface area (Å²) in [5.41, 5.74) is 1.60. The number of carboxylic acids is 2. The molecule has 0 aliphatic heterocycles. The molecule has 2 rings (SSSR count). The van der Waals surface area contributed by atoms with E-state index >= 15 is 0 Å². The molecule has 0 aromatic rings. The van der Waals surface area contributed by atoms with E-state index in [0.717, 1.165) is 19.3 Å². The van der Waals surface area contributed by atoms with Crippen molar-refractivity contribution in [2.45, 2.75) is 65.7 Å². The Morgan fingerprint density at radius 1 is 1.25 bits per heavy atom. The second kappa shape index (κ2) is 6.73. The molecule has 0 bridgehead atoms. The normalized spacial score (nSPS) is 33.0. The van der Waals surface area contributed by atoms with Gasteiger partial charge < -0.3 is 10.2 Å². The Bertz CT molecular complexity index is 572. The molecule has 2 aliphatic carbocycles. The predicted molar refractivity (Wildman–Crippen MR) is 93.7 cm³/mol. The van der Waals surface area contributed by atoms with E-state index in [1.54, 1.807) is 6.08 Å². The minimum absolute atomic E-state index is 0.0175. The minimum atomic E-state index is -1.13. The van der Waals surface area contributed by atoms with Gasteiger partial charge in [0.1, 0.15) is 0 Å². The third-order valence-electron chi connectivity index (χ3n) is 6.54. The molecule has 4 heteroatoms. The highest BCUT2D eigenvalue weighted by Gasteiger charge is 2.52. The maximum absolute atomic E-state index is 11.3. The van der Waals surface area contributed by atoms with Gasteiger partial charge in [0.2, 0.25) is 0 Å². The number of allylic oxidation sites excluding steroid dienone is 2. The largest absolute Gasteiger partial charge is 0.481 e. The highest BCUT2D eigenvalue weighted by Crippen LogP contribution is 2.61. The van der Waals surface area contributed by atoms with Crippen molar-refractivity contribution in [3.63, 3.8) is 0 Å². The molecule has 24 heavy (non-hydrogen) atoms. The number of aliphatic carboxylic acids is 2. The zero-order chi connectivity index (χ0) is 18.1. The van der Waals surface area contributed by atoms with Gasteiger partial charge in [0.15, 0.2) is 0 Å². The molecular formula is C20H30O4. The number of hydrogen-bond acceptors (Lipinski definition) is 2. The maximum Gasteiger partial charge on any atom is 0.331 e. The third kappa shape index (κ3) is 3.57. The summed E-state index contributed by atoms with van der Waals surface area (Å²) in [5.74, 6) is -1.40. The van der Waals surface area contributed by atoms with Crippen molar-refractivity contribution in [1.82, 2.24) is 0 Å². The lowest BCUT2D eigenvalue weighted by Gasteiger charge is -2.58. The highest BCUT2D eigenvalue weighted by atomic mass is 16.4. The van der Waals surface area contributed by atoms with Gasteiger partial charge >= 0.3 is 11.9 Å². The molecule has 2 aliphatic rings. The number of carbonyl (C=O) groups is 2. The van der Waals surface area contributed by atoms with Crippen molar-refractivity contribution in [3.05, 3.63) is 23.8 Å². The predicted octanol–water partition coefficient (Wildman–Crippen LogP) is 4.66. The molecule has 3 atom stereocenters. The van der Waals surface area contributed by atoms with Crippen LogP contribution in [0.4, 0.5) is 0 Å². The van der Waals surface area contributed by atoms with Crippen molar-refractivity contribution in [3.8, 4) is 0 Å². The molecule has 134 valence electrons. The lowest BCUT2D eigenvalue weighted by atomic mass is 9.47. The molecule has 4 nitrogen and oxygen atoms in total. The van der Waals surface area contributed by atoms with Gasteiger partial charge in [-0.05, 0) is 54.8 Å². The van der Waals surface area contributed by atoms with Gasteiger partial charge in [-0.15, -0.1) is 0 Å². The van der Waals surface area contributed by atoms with E-state index in [1.165, 1.54) is 18.4 Å². The molecule has 2 saturated carbocycles. The van der Waals surface area contributed by atoms with E-state index in [1.807, 2.05) is 0 Å². The lowest BCUT2D eigenvalue weighted by molar-refractivity contribution is -0.139. The number of fused-ring (bicyclic) bond motifs is 1. The Balaban J connectivity index is 2.28. The first kappa shape index (κ1) is 18.8.